The molecule has 1 aliphatic heterocycles. The molecule has 0 saturated carbocycles. The van der Waals surface area contributed by atoms with Gasteiger partial charge in [-0.2, -0.15) is 13.2 Å². The summed E-state index contributed by atoms with van der Waals surface area (Å²) >= 11 is 1.31. The van der Waals surface area contributed by atoms with E-state index < -0.39 is 11.7 Å². The van der Waals surface area contributed by atoms with E-state index in [0.29, 0.717) is 24.3 Å². The van der Waals surface area contributed by atoms with Gasteiger partial charge in [0.05, 0.1) is 12.1 Å². The molecule has 0 saturated heterocycles. The minimum absolute atomic E-state index is 0.0870. The van der Waals surface area contributed by atoms with Crippen LogP contribution in [0.4, 0.5) is 24.5 Å². The van der Waals surface area contributed by atoms with Gasteiger partial charge in [0.25, 0.3) is 5.91 Å². The van der Waals surface area contributed by atoms with Crippen molar-refractivity contribution < 1.29 is 18.0 Å². The summed E-state index contributed by atoms with van der Waals surface area (Å²) in [4.78, 5) is 15.9. The van der Waals surface area contributed by atoms with Crippen molar-refractivity contribution in [2.75, 3.05) is 15.7 Å². The van der Waals surface area contributed by atoms with E-state index in [0.717, 1.165) is 40.3 Å². The Kier molecular flexibility index (Phi) is 6.74. The van der Waals surface area contributed by atoms with Crippen LogP contribution in [0.5, 0.6) is 0 Å². The van der Waals surface area contributed by atoms with Crippen molar-refractivity contribution in [3.63, 3.8) is 0 Å². The molecule has 0 radical (unpaired) electrons. The molecule has 1 aliphatic rings. The summed E-state index contributed by atoms with van der Waals surface area (Å²) in [7, 11) is 0. The van der Waals surface area contributed by atoms with Crippen LogP contribution >= 0.6 is 11.9 Å². The third kappa shape index (κ3) is 5.26. The molecule has 0 atom stereocenters. The van der Waals surface area contributed by atoms with E-state index in [2.05, 4.69) is 0 Å². The Balaban J connectivity index is 1.43. The minimum Gasteiger partial charge on any atom is -0.308 e. The molecule has 4 aromatic rings. The first-order valence-corrected chi connectivity index (χ1v) is 12.3. The quantitative estimate of drug-likeness (QED) is 0.252. The van der Waals surface area contributed by atoms with Gasteiger partial charge in [0, 0.05) is 28.4 Å². The lowest BCUT2D eigenvalue weighted by Crippen LogP contribution is -2.28. The molecule has 36 heavy (non-hydrogen) atoms. The van der Waals surface area contributed by atoms with Gasteiger partial charge in [-0.3, -0.25) is 4.79 Å². The highest BCUT2D eigenvalue weighted by atomic mass is 32.2. The molecule has 7 heteroatoms. The highest BCUT2D eigenvalue weighted by Crippen LogP contribution is 2.36. The first-order chi connectivity index (χ1) is 17.4. The molecule has 0 bridgehead atoms. The predicted molar refractivity (Wildman–Crippen MR) is 138 cm³/mol. The molecule has 0 aliphatic carbocycles. The zero-order valence-corrected chi connectivity index (χ0v) is 20.1. The van der Waals surface area contributed by atoms with Gasteiger partial charge in [-0.1, -0.05) is 60.7 Å². The zero-order valence-electron chi connectivity index (χ0n) is 19.3. The molecule has 1 amide bonds. The number of rotatable bonds is 6. The number of alkyl halides is 3. The fourth-order valence-corrected chi connectivity index (χ4v) is 5.29. The van der Waals surface area contributed by atoms with Crippen molar-refractivity contribution >= 4 is 29.2 Å². The number of anilines is 2. The number of carbonyl (C=O) groups is 1. The van der Waals surface area contributed by atoms with Gasteiger partial charge in [0.2, 0.25) is 0 Å². The highest BCUT2D eigenvalue weighted by Gasteiger charge is 2.31. The molecular formula is C29H23F3N2OS. The predicted octanol–water partition coefficient (Wildman–Crippen LogP) is 7.62. The molecule has 0 spiro atoms. The number of hydrogen-bond donors (Lipinski definition) is 0. The van der Waals surface area contributed by atoms with E-state index in [1.807, 2.05) is 71.0 Å². The molecule has 1 heterocycles. The Morgan fingerprint density at radius 3 is 2.42 bits per heavy atom. The van der Waals surface area contributed by atoms with Crippen molar-refractivity contribution in [3.05, 3.63) is 125 Å². The first-order valence-electron chi connectivity index (χ1n) is 11.5. The number of carbonyl (C=O) groups excluding carboxylic acids is 1. The Labute approximate surface area is 212 Å². The Morgan fingerprint density at radius 1 is 0.861 bits per heavy atom. The van der Waals surface area contributed by atoms with Gasteiger partial charge in [-0.05, 0) is 72.0 Å². The zero-order chi connectivity index (χ0) is 25.1. The largest absolute Gasteiger partial charge is 0.416 e. The van der Waals surface area contributed by atoms with Crippen LogP contribution in [-0.2, 0) is 19.1 Å². The van der Waals surface area contributed by atoms with Crippen LogP contribution < -0.4 is 9.21 Å². The molecule has 0 fully saturated rings. The SMILES string of the molecule is O=C(c1cccc(SN(Cc2ccccc2)c2cccc(C(F)(F)F)c2)c1)N1CCc2ccccc21. The summed E-state index contributed by atoms with van der Waals surface area (Å²) in [6.45, 7) is 1.02. The Hall–Kier alpha value is -3.71. The van der Waals surface area contributed by atoms with Crippen LogP contribution in [0.1, 0.15) is 27.0 Å². The maximum absolute atomic E-state index is 13.4. The Morgan fingerprint density at radius 2 is 1.61 bits per heavy atom. The average Bonchev–Trinajstić information content (AvgIpc) is 3.32. The molecule has 182 valence electrons. The fraction of sp³-hybridized carbons (Fsp3) is 0.138. The number of amides is 1. The van der Waals surface area contributed by atoms with Crippen molar-refractivity contribution in [1.29, 1.82) is 0 Å². The molecule has 3 nitrogen and oxygen atoms in total. The topological polar surface area (TPSA) is 23.6 Å². The van der Waals surface area contributed by atoms with Crippen molar-refractivity contribution in [1.82, 2.24) is 0 Å². The van der Waals surface area contributed by atoms with E-state index in [1.165, 1.54) is 18.0 Å². The minimum atomic E-state index is -4.43. The van der Waals surface area contributed by atoms with Crippen LogP contribution in [0.2, 0.25) is 0 Å². The monoisotopic (exact) mass is 504 g/mol. The third-order valence-electron chi connectivity index (χ3n) is 6.06. The maximum atomic E-state index is 13.4. The number of para-hydroxylation sites is 1. The average molecular weight is 505 g/mol. The molecule has 0 N–H and O–H groups in total. The summed E-state index contributed by atoms with van der Waals surface area (Å²) in [6, 6.07) is 30.0. The van der Waals surface area contributed by atoms with Crippen LogP contribution in [-0.4, -0.2) is 12.5 Å². The molecule has 4 aromatic carbocycles. The van der Waals surface area contributed by atoms with Gasteiger partial charge >= 0.3 is 6.18 Å². The first kappa shape index (κ1) is 24.0. The van der Waals surface area contributed by atoms with Crippen LogP contribution in [0.15, 0.2) is 108 Å². The van der Waals surface area contributed by atoms with Crippen LogP contribution in [0, 0.1) is 0 Å². The summed E-state index contributed by atoms with van der Waals surface area (Å²) < 4.78 is 42.1. The van der Waals surface area contributed by atoms with Gasteiger partial charge in [0.1, 0.15) is 0 Å². The van der Waals surface area contributed by atoms with Crippen LogP contribution in [0.25, 0.3) is 0 Å². The summed E-state index contributed by atoms with van der Waals surface area (Å²) in [5.41, 5.74) is 3.31. The van der Waals surface area contributed by atoms with Crippen molar-refractivity contribution in [2.24, 2.45) is 0 Å². The number of halogens is 3. The number of hydrogen-bond acceptors (Lipinski definition) is 3. The van der Waals surface area contributed by atoms with Crippen molar-refractivity contribution in [2.45, 2.75) is 24.0 Å². The Bertz CT molecular complexity index is 1370. The van der Waals surface area contributed by atoms with Crippen molar-refractivity contribution in [3.8, 4) is 0 Å². The number of nitrogens with zero attached hydrogens (tertiary/aromatic N) is 2. The maximum Gasteiger partial charge on any atom is 0.416 e. The van der Waals surface area contributed by atoms with E-state index >= 15 is 0 Å². The summed E-state index contributed by atoms with van der Waals surface area (Å²) in [5, 5.41) is 0. The lowest BCUT2D eigenvalue weighted by molar-refractivity contribution is -0.137. The summed E-state index contributed by atoms with van der Waals surface area (Å²) in [5.74, 6) is -0.0870. The normalized spacial score (nSPS) is 12.9. The molecule has 5 rings (SSSR count). The second-order valence-corrected chi connectivity index (χ2v) is 9.62. The highest BCUT2D eigenvalue weighted by molar-refractivity contribution is 8.00. The molecule has 0 aromatic heterocycles. The van der Waals surface area contributed by atoms with E-state index in [4.69, 9.17) is 0 Å². The number of fused-ring (bicyclic) bond motifs is 1. The van der Waals surface area contributed by atoms with Gasteiger partial charge in [-0.15, -0.1) is 0 Å². The second kappa shape index (κ2) is 10.1. The lowest BCUT2D eigenvalue weighted by Gasteiger charge is -2.25. The van der Waals surface area contributed by atoms with E-state index in [1.54, 1.807) is 23.1 Å². The second-order valence-electron chi connectivity index (χ2n) is 8.52. The van der Waals surface area contributed by atoms with E-state index in [-0.39, 0.29) is 5.91 Å². The van der Waals surface area contributed by atoms with Gasteiger partial charge in [0.15, 0.2) is 0 Å². The van der Waals surface area contributed by atoms with Crippen LogP contribution in [0.3, 0.4) is 0 Å². The smallest absolute Gasteiger partial charge is 0.308 e. The number of benzene rings is 4. The fourth-order valence-electron chi connectivity index (χ4n) is 4.28. The van der Waals surface area contributed by atoms with Gasteiger partial charge < -0.3 is 9.21 Å². The van der Waals surface area contributed by atoms with Gasteiger partial charge in [-0.25, -0.2) is 0 Å². The lowest BCUT2D eigenvalue weighted by atomic mass is 10.1. The molecule has 0 unspecified atom stereocenters. The third-order valence-corrected chi connectivity index (χ3v) is 7.08. The summed E-state index contributed by atoms with van der Waals surface area (Å²) in [6.07, 6.45) is -3.62. The standard InChI is InChI=1S/C29H23F3N2OS/c30-29(31,32)24-12-7-13-25(19-24)34(20-21-8-2-1-3-9-21)36-26-14-6-11-23(18-26)28(35)33-17-16-22-10-4-5-15-27(22)33/h1-15,18-19H,16-17,20H2. The molecular weight excluding hydrogens is 481 g/mol. The van der Waals surface area contributed by atoms with E-state index in [9.17, 15) is 18.0 Å².